The van der Waals surface area contributed by atoms with E-state index < -0.39 is 17.5 Å². The first-order chi connectivity index (χ1) is 15.0. The smallest absolute Gasteiger partial charge is 0.255 e. The van der Waals surface area contributed by atoms with Crippen molar-refractivity contribution in [3.63, 3.8) is 0 Å². The fourth-order valence-corrected chi connectivity index (χ4v) is 4.66. The molecule has 1 fully saturated rings. The topological polar surface area (TPSA) is 49.4 Å². The van der Waals surface area contributed by atoms with E-state index in [0.29, 0.717) is 17.9 Å². The van der Waals surface area contributed by atoms with E-state index in [-0.39, 0.29) is 17.0 Å². The lowest BCUT2D eigenvalue weighted by molar-refractivity contribution is -0.128. The van der Waals surface area contributed by atoms with Crippen LogP contribution in [-0.2, 0) is 11.2 Å². The molecule has 1 aliphatic heterocycles. The summed E-state index contributed by atoms with van der Waals surface area (Å²) in [6, 6.07) is 20.2. The number of halogens is 2. The van der Waals surface area contributed by atoms with Crippen molar-refractivity contribution in [2.45, 2.75) is 11.8 Å². The van der Waals surface area contributed by atoms with Crippen molar-refractivity contribution in [1.29, 1.82) is 0 Å². The monoisotopic (exact) mass is 438 g/mol. The molecule has 7 heteroatoms. The molecule has 158 valence electrons. The van der Waals surface area contributed by atoms with Gasteiger partial charge in [0.1, 0.15) is 5.37 Å². The molecular weight excluding hydrogens is 418 g/mol. The zero-order chi connectivity index (χ0) is 21.8. The van der Waals surface area contributed by atoms with Gasteiger partial charge in [0.15, 0.2) is 11.6 Å². The molecule has 1 atom stereocenters. The molecule has 0 spiro atoms. The number of carbonyl (C=O) groups is 2. The molecule has 1 N–H and O–H groups in total. The van der Waals surface area contributed by atoms with E-state index >= 15 is 0 Å². The minimum Gasteiger partial charge on any atom is -0.326 e. The number of hydrogen-bond acceptors (Lipinski definition) is 3. The average molecular weight is 438 g/mol. The van der Waals surface area contributed by atoms with Gasteiger partial charge in [-0.05, 0) is 41.8 Å². The summed E-state index contributed by atoms with van der Waals surface area (Å²) in [5.74, 6) is -1.88. The summed E-state index contributed by atoms with van der Waals surface area (Å²) >= 11 is 1.57. The molecule has 0 radical (unpaired) electrons. The van der Waals surface area contributed by atoms with Gasteiger partial charge in [-0.3, -0.25) is 9.59 Å². The molecule has 0 saturated carbocycles. The second-order valence-corrected chi connectivity index (χ2v) is 8.26. The van der Waals surface area contributed by atoms with Crippen molar-refractivity contribution in [2.24, 2.45) is 0 Å². The maximum absolute atomic E-state index is 13.3. The Kier molecular flexibility index (Phi) is 6.32. The largest absolute Gasteiger partial charge is 0.326 e. The Balaban J connectivity index is 1.43. The van der Waals surface area contributed by atoms with Gasteiger partial charge in [-0.2, -0.15) is 0 Å². The van der Waals surface area contributed by atoms with E-state index in [9.17, 15) is 18.4 Å². The lowest BCUT2D eigenvalue weighted by Crippen LogP contribution is -2.30. The molecule has 0 aromatic heterocycles. The van der Waals surface area contributed by atoms with E-state index in [2.05, 4.69) is 5.32 Å². The molecule has 1 heterocycles. The van der Waals surface area contributed by atoms with Crippen molar-refractivity contribution < 1.29 is 18.4 Å². The lowest BCUT2D eigenvalue weighted by Gasteiger charge is -2.24. The first-order valence-corrected chi connectivity index (χ1v) is 10.9. The molecule has 4 nitrogen and oxygen atoms in total. The predicted molar refractivity (Wildman–Crippen MR) is 118 cm³/mol. The summed E-state index contributed by atoms with van der Waals surface area (Å²) in [6.45, 7) is 0.624. The van der Waals surface area contributed by atoms with Gasteiger partial charge < -0.3 is 10.2 Å². The van der Waals surface area contributed by atoms with Gasteiger partial charge in [-0.15, -0.1) is 11.8 Å². The van der Waals surface area contributed by atoms with E-state index in [4.69, 9.17) is 0 Å². The molecule has 1 saturated heterocycles. The van der Waals surface area contributed by atoms with Gasteiger partial charge >= 0.3 is 0 Å². The van der Waals surface area contributed by atoms with Crippen LogP contribution < -0.4 is 5.32 Å². The average Bonchev–Trinajstić information content (AvgIpc) is 3.16. The zero-order valence-corrected chi connectivity index (χ0v) is 17.4. The number of carbonyl (C=O) groups excluding carboxylic acids is 2. The summed E-state index contributed by atoms with van der Waals surface area (Å²) in [5.41, 5.74) is 2.68. The molecule has 0 unspecified atom stereocenters. The fourth-order valence-electron chi connectivity index (χ4n) is 3.44. The number of benzene rings is 3. The number of nitrogens with one attached hydrogen (secondary N) is 1. The fraction of sp³-hybridized carbons (Fsp3) is 0.167. The summed E-state index contributed by atoms with van der Waals surface area (Å²) in [6.07, 6.45) is 0.776. The van der Waals surface area contributed by atoms with Crippen LogP contribution in [0.5, 0.6) is 0 Å². The van der Waals surface area contributed by atoms with Gasteiger partial charge in [0.05, 0.1) is 5.75 Å². The van der Waals surface area contributed by atoms with E-state index in [1.807, 2.05) is 47.4 Å². The van der Waals surface area contributed by atoms with Crippen LogP contribution in [0.3, 0.4) is 0 Å². The number of amides is 2. The minimum absolute atomic E-state index is 0.0977. The highest BCUT2D eigenvalue weighted by molar-refractivity contribution is 8.00. The Morgan fingerprint density at radius 2 is 1.74 bits per heavy atom. The van der Waals surface area contributed by atoms with Crippen molar-refractivity contribution in [3.8, 4) is 0 Å². The summed E-state index contributed by atoms with van der Waals surface area (Å²) in [4.78, 5) is 26.7. The lowest BCUT2D eigenvalue weighted by atomic mass is 10.1. The Bertz CT molecular complexity index is 1090. The number of rotatable bonds is 6. The molecular formula is C24H20F2N2O2S. The van der Waals surface area contributed by atoms with Gasteiger partial charge in [-0.1, -0.05) is 42.5 Å². The molecule has 3 aromatic rings. The molecule has 3 aromatic carbocycles. The Labute approximate surface area is 183 Å². The maximum atomic E-state index is 13.3. The van der Waals surface area contributed by atoms with Crippen molar-refractivity contribution in [1.82, 2.24) is 4.90 Å². The highest BCUT2D eigenvalue weighted by Crippen LogP contribution is 2.38. The van der Waals surface area contributed by atoms with Crippen LogP contribution in [0.25, 0.3) is 0 Å². The third-order valence-electron chi connectivity index (χ3n) is 5.09. The van der Waals surface area contributed by atoms with E-state index in [1.165, 1.54) is 11.6 Å². The van der Waals surface area contributed by atoms with Gasteiger partial charge in [-0.25, -0.2) is 8.78 Å². The quantitative estimate of drug-likeness (QED) is 0.587. The van der Waals surface area contributed by atoms with Gasteiger partial charge in [0.25, 0.3) is 5.91 Å². The molecule has 4 rings (SSSR count). The summed E-state index contributed by atoms with van der Waals surface area (Å²) < 4.78 is 26.4. The van der Waals surface area contributed by atoms with Crippen LogP contribution in [0, 0.1) is 11.6 Å². The van der Waals surface area contributed by atoms with Crippen LogP contribution in [0.4, 0.5) is 14.5 Å². The van der Waals surface area contributed by atoms with Crippen LogP contribution in [0.15, 0.2) is 72.8 Å². The van der Waals surface area contributed by atoms with Gasteiger partial charge in [0.2, 0.25) is 5.91 Å². The van der Waals surface area contributed by atoms with Crippen LogP contribution in [0.2, 0.25) is 0 Å². The molecule has 1 aliphatic rings. The molecule has 0 bridgehead atoms. The number of anilines is 1. The normalized spacial score (nSPS) is 15.9. The zero-order valence-electron chi connectivity index (χ0n) is 16.6. The van der Waals surface area contributed by atoms with Crippen molar-refractivity contribution in [2.75, 3.05) is 17.6 Å². The second-order valence-electron chi connectivity index (χ2n) is 7.19. The van der Waals surface area contributed by atoms with Crippen LogP contribution >= 0.6 is 11.8 Å². The molecule has 31 heavy (non-hydrogen) atoms. The standard InChI is InChI=1S/C24H20F2N2O2S/c25-20-11-10-19(14-21(20)26)27-23(30)17-6-8-18(9-7-17)24-28(22(29)15-31-24)13-12-16-4-2-1-3-5-16/h1-11,14,24H,12-13,15H2,(H,27,30)/t24-/m0/s1. The molecule has 2 amide bonds. The summed E-state index contributed by atoms with van der Waals surface area (Å²) in [5, 5.41) is 2.46. The SMILES string of the molecule is O=C(Nc1ccc(F)c(F)c1)c1ccc([C@@H]2SCC(=O)N2CCc2ccccc2)cc1. The van der Waals surface area contributed by atoms with Crippen LogP contribution in [0.1, 0.15) is 26.9 Å². The van der Waals surface area contributed by atoms with Crippen LogP contribution in [-0.4, -0.2) is 29.0 Å². The Morgan fingerprint density at radius 1 is 1.00 bits per heavy atom. The van der Waals surface area contributed by atoms with E-state index in [0.717, 1.165) is 24.1 Å². The first kappa shape index (κ1) is 21.1. The highest BCUT2D eigenvalue weighted by atomic mass is 32.2. The minimum atomic E-state index is -1.02. The van der Waals surface area contributed by atoms with Crippen molar-refractivity contribution >= 4 is 29.3 Å². The second kappa shape index (κ2) is 9.31. The maximum Gasteiger partial charge on any atom is 0.255 e. The Hall–Kier alpha value is -3.19. The number of hydrogen-bond donors (Lipinski definition) is 1. The van der Waals surface area contributed by atoms with Crippen molar-refractivity contribution in [3.05, 3.63) is 101 Å². The van der Waals surface area contributed by atoms with Gasteiger partial charge in [0, 0.05) is 23.9 Å². The number of nitrogens with zero attached hydrogens (tertiary/aromatic N) is 1. The predicted octanol–water partition coefficient (Wildman–Crippen LogP) is 5.03. The van der Waals surface area contributed by atoms with E-state index in [1.54, 1.807) is 23.9 Å². The number of thioether (sulfide) groups is 1. The first-order valence-electron chi connectivity index (χ1n) is 9.82. The third kappa shape index (κ3) is 4.94. The third-order valence-corrected chi connectivity index (χ3v) is 6.34. The molecule has 0 aliphatic carbocycles. The highest BCUT2D eigenvalue weighted by Gasteiger charge is 2.32. The summed E-state index contributed by atoms with van der Waals surface area (Å²) in [7, 11) is 0. The Morgan fingerprint density at radius 3 is 2.45 bits per heavy atom.